The monoisotopic (exact) mass is 257 g/mol. The molecule has 0 aliphatic rings. The van der Waals surface area contributed by atoms with Gasteiger partial charge in [-0.15, -0.1) is 0 Å². The summed E-state index contributed by atoms with van der Waals surface area (Å²) in [5.74, 6) is 0. The summed E-state index contributed by atoms with van der Waals surface area (Å²) in [6.45, 7) is -0.395. The van der Waals surface area contributed by atoms with Crippen LogP contribution in [-0.2, 0) is 12.8 Å². The first-order valence-corrected chi connectivity index (χ1v) is 4.97. The van der Waals surface area contributed by atoms with Crippen molar-refractivity contribution in [2.45, 2.75) is 12.8 Å². The van der Waals surface area contributed by atoms with Crippen LogP contribution in [0, 0.1) is 0 Å². The zero-order valence-electron chi connectivity index (χ0n) is 9.22. The molecule has 0 heterocycles. The highest BCUT2D eigenvalue weighted by atomic mass is 19.4. The molecule has 18 heavy (non-hydrogen) atoms. The van der Waals surface area contributed by atoms with Gasteiger partial charge in [0, 0.05) is 11.5 Å². The molecule has 4 nitrogen and oxygen atoms in total. The van der Waals surface area contributed by atoms with E-state index in [2.05, 4.69) is 10.0 Å². The molecule has 1 rings (SSSR count). The Hall–Kier alpha value is -1.98. The number of alkyl halides is 3. The van der Waals surface area contributed by atoms with Gasteiger partial charge in [-0.05, 0) is 28.8 Å². The molecule has 0 fully saturated rings. The summed E-state index contributed by atoms with van der Waals surface area (Å²) >= 11 is 0. The average Bonchev–Trinajstić information content (AvgIpc) is 2.33. The number of hydrogen-bond donors (Lipinski definition) is 1. The van der Waals surface area contributed by atoms with Crippen molar-refractivity contribution in [3.05, 3.63) is 51.4 Å². The van der Waals surface area contributed by atoms with Gasteiger partial charge in [0.25, 0.3) is 0 Å². The molecule has 7 heteroatoms. The maximum absolute atomic E-state index is 12.4. The highest BCUT2D eigenvalue weighted by Crippen LogP contribution is 2.30. The minimum atomic E-state index is -4.43. The number of rotatable bonds is 4. The summed E-state index contributed by atoms with van der Waals surface area (Å²) in [5, 5.41) is 12.3. The van der Waals surface area contributed by atoms with Gasteiger partial charge < -0.3 is 5.11 Å². The standard InChI is InChI=1S/C11H10F3N3O/c12-11(13,14)10-4-3-8(9(6-10)7-18)2-1-5-16-17-15/h1-4,6,18H,5,7H2. The second-order valence-electron chi connectivity index (χ2n) is 3.39. The van der Waals surface area contributed by atoms with Crippen LogP contribution in [0.4, 0.5) is 13.2 Å². The van der Waals surface area contributed by atoms with E-state index in [-0.39, 0.29) is 12.1 Å². The van der Waals surface area contributed by atoms with E-state index in [9.17, 15) is 13.2 Å². The molecule has 1 N–H and O–H groups in total. The van der Waals surface area contributed by atoms with Crippen molar-refractivity contribution in [1.29, 1.82) is 0 Å². The molecule has 0 unspecified atom stereocenters. The first kappa shape index (κ1) is 14.1. The quantitative estimate of drug-likeness (QED) is 0.500. The Morgan fingerprint density at radius 3 is 2.67 bits per heavy atom. The van der Waals surface area contributed by atoms with Crippen molar-refractivity contribution in [2.24, 2.45) is 5.11 Å². The molecular formula is C11H10F3N3O. The Morgan fingerprint density at radius 2 is 2.11 bits per heavy atom. The van der Waals surface area contributed by atoms with E-state index in [1.54, 1.807) is 0 Å². The Morgan fingerprint density at radius 1 is 1.39 bits per heavy atom. The van der Waals surface area contributed by atoms with Crippen LogP contribution >= 0.6 is 0 Å². The molecule has 0 bridgehead atoms. The fourth-order valence-electron chi connectivity index (χ4n) is 1.34. The van der Waals surface area contributed by atoms with Crippen molar-refractivity contribution in [3.8, 4) is 0 Å². The number of aliphatic hydroxyl groups excluding tert-OH is 1. The Bertz CT molecular complexity index is 491. The van der Waals surface area contributed by atoms with Crippen molar-refractivity contribution in [2.75, 3.05) is 6.54 Å². The Kier molecular flexibility index (Phi) is 4.76. The first-order valence-electron chi connectivity index (χ1n) is 4.97. The van der Waals surface area contributed by atoms with E-state index in [4.69, 9.17) is 10.6 Å². The summed E-state index contributed by atoms with van der Waals surface area (Å²) in [6, 6.07) is 3.10. The molecular weight excluding hydrogens is 247 g/mol. The van der Waals surface area contributed by atoms with Crippen LogP contribution in [0.5, 0.6) is 0 Å². The Balaban J connectivity index is 3.00. The summed E-state index contributed by atoms with van der Waals surface area (Å²) in [5.41, 5.74) is 7.87. The predicted octanol–water partition coefficient (Wildman–Crippen LogP) is 3.52. The van der Waals surface area contributed by atoms with E-state index in [1.807, 2.05) is 0 Å². The van der Waals surface area contributed by atoms with E-state index in [1.165, 1.54) is 18.2 Å². The second kappa shape index (κ2) is 6.09. The minimum absolute atomic E-state index is 0.0996. The second-order valence-corrected chi connectivity index (χ2v) is 3.39. The third kappa shape index (κ3) is 3.80. The van der Waals surface area contributed by atoms with E-state index >= 15 is 0 Å². The van der Waals surface area contributed by atoms with Gasteiger partial charge in [-0.1, -0.05) is 23.3 Å². The van der Waals surface area contributed by atoms with Crippen molar-refractivity contribution in [1.82, 2.24) is 0 Å². The maximum atomic E-state index is 12.4. The number of benzene rings is 1. The van der Waals surface area contributed by atoms with Crippen LogP contribution in [0.1, 0.15) is 16.7 Å². The highest BCUT2D eigenvalue weighted by Gasteiger charge is 2.30. The van der Waals surface area contributed by atoms with Gasteiger partial charge in [-0.2, -0.15) is 13.2 Å². The number of nitrogens with zero attached hydrogens (tertiary/aromatic N) is 3. The summed E-state index contributed by atoms with van der Waals surface area (Å²) in [4.78, 5) is 2.53. The van der Waals surface area contributed by atoms with Crippen LogP contribution in [-0.4, -0.2) is 11.7 Å². The lowest BCUT2D eigenvalue weighted by Crippen LogP contribution is -2.06. The fraction of sp³-hybridized carbons (Fsp3) is 0.273. The molecule has 0 aliphatic heterocycles. The molecule has 0 saturated carbocycles. The molecule has 0 radical (unpaired) electrons. The third-order valence-corrected chi connectivity index (χ3v) is 2.19. The number of halogens is 3. The van der Waals surface area contributed by atoms with E-state index in [0.717, 1.165) is 12.1 Å². The van der Waals surface area contributed by atoms with E-state index < -0.39 is 18.3 Å². The van der Waals surface area contributed by atoms with Crippen molar-refractivity contribution < 1.29 is 18.3 Å². The molecule has 0 amide bonds. The zero-order chi connectivity index (χ0) is 13.6. The normalized spacial score (nSPS) is 11.6. The van der Waals surface area contributed by atoms with Crippen molar-refractivity contribution in [3.63, 3.8) is 0 Å². The van der Waals surface area contributed by atoms with Gasteiger partial charge in [-0.25, -0.2) is 0 Å². The van der Waals surface area contributed by atoms with Gasteiger partial charge in [0.05, 0.1) is 12.2 Å². The van der Waals surface area contributed by atoms with Crippen LogP contribution in [0.3, 0.4) is 0 Å². The average molecular weight is 257 g/mol. The van der Waals surface area contributed by atoms with Gasteiger partial charge in [0.2, 0.25) is 0 Å². The maximum Gasteiger partial charge on any atom is 0.416 e. The highest BCUT2D eigenvalue weighted by molar-refractivity contribution is 5.55. The SMILES string of the molecule is [N-]=[N+]=NCC=Cc1ccc(C(F)(F)F)cc1CO. The zero-order valence-corrected chi connectivity index (χ0v) is 9.22. The summed E-state index contributed by atoms with van der Waals surface area (Å²) < 4.78 is 37.3. The Labute approximate surface area is 101 Å². The van der Waals surface area contributed by atoms with Crippen LogP contribution in [0.25, 0.3) is 16.5 Å². The fourth-order valence-corrected chi connectivity index (χ4v) is 1.34. The van der Waals surface area contributed by atoms with Crippen LogP contribution < -0.4 is 0 Å². The molecule has 0 saturated heterocycles. The first-order chi connectivity index (χ1) is 8.49. The van der Waals surface area contributed by atoms with E-state index in [0.29, 0.717) is 5.56 Å². The lowest BCUT2D eigenvalue weighted by molar-refractivity contribution is -0.137. The number of azide groups is 1. The van der Waals surface area contributed by atoms with Crippen molar-refractivity contribution >= 4 is 6.08 Å². The summed E-state index contributed by atoms with van der Waals surface area (Å²) in [6.07, 6.45) is -1.43. The molecule has 0 atom stereocenters. The smallest absolute Gasteiger partial charge is 0.392 e. The van der Waals surface area contributed by atoms with Crippen LogP contribution in [0.15, 0.2) is 29.4 Å². The van der Waals surface area contributed by atoms with Gasteiger partial charge in [-0.3, -0.25) is 0 Å². The van der Waals surface area contributed by atoms with Gasteiger partial charge in [0.1, 0.15) is 0 Å². The predicted molar refractivity (Wildman–Crippen MR) is 60.4 cm³/mol. The number of aliphatic hydroxyl groups is 1. The molecule has 1 aromatic rings. The molecule has 0 aromatic heterocycles. The largest absolute Gasteiger partial charge is 0.416 e. The third-order valence-electron chi connectivity index (χ3n) is 2.19. The van der Waals surface area contributed by atoms with Gasteiger partial charge in [0.15, 0.2) is 0 Å². The minimum Gasteiger partial charge on any atom is -0.392 e. The van der Waals surface area contributed by atoms with Gasteiger partial charge >= 0.3 is 6.18 Å². The topological polar surface area (TPSA) is 69.0 Å². The molecule has 0 spiro atoms. The summed E-state index contributed by atoms with van der Waals surface area (Å²) in [7, 11) is 0. The molecule has 0 aliphatic carbocycles. The molecule has 1 aromatic carbocycles. The lowest BCUT2D eigenvalue weighted by atomic mass is 10.0. The number of hydrogen-bond acceptors (Lipinski definition) is 2. The van der Waals surface area contributed by atoms with Crippen LogP contribution in [0.2, 0.25) is 0 Å². The lowest BCUT2D eigenvalue weighted by Gasteiger charge is -2.10. The molecule has 96 valence electrons.